The fourth-order valence-corrected chi connectivity index (χ4v) is 1.71. The molecule has 15 heavy (non-hydrogen) atoms. The minimum absolute atomic E-state index is 0.0337. The van der Waals surface area contributed by atoms with Gasteiger partial charge in [-0.1, -0.05) is 6.07 Å². The molecule has 0 aliphatic heterocycles. The Hall–Kier alpha value is -0.750. The molecule has 0 saturated heterocycles. The zero-order valence-corrected chi connectivity index (χ0v) is 8.61. The van der Waals surface area contributed by atoms with Crippen LogP contribution in [0.4, 0.5) is 13.2 Å². The molecular weight excluding hydrogens is 227 g/mol. The van der Waals surface area contributed by atoms with Crippen LogP contribution >= 0.6 is 11.8 Å². The number of aliphatic hydroxyl groups excluding tert-OH is 1. The summed E-state index contributed by atoms with van der Waals surface area (Å²) in [5, 5.41) is 8.85. The summed E-state index contributed by atoms with van der Waals surface area (Å²) in [5.41, 5.74) is -0.878. The molecule has 1 aromatic rings. The molecule has 1 rings (SSSR count). The van der Waals surface area contributed by atoms with E-state index in [0.717, 1.165) is 6.07 Å². The van der Waals surface area contributed by atoms with Gasteiger partial charge in [-0.05, 0) is 18.6 Å². The van der Waals surface area contributed by atoms with Crippen LogP contribution < -0.4 is 0 Å². The van der Waals surface area contributed by atoms with Gasteiger partial charge in [0.15, 0.2) is 0 Å². The van der Waals surface area contributed by atoms with Gasteiger partial charge in [-0.2, -0.15) is 13.2 Å². The van der Waals surface area contributed by atoms with Crippen LogP contribution in [-0.4, -0.2) is 22.5 Å². The average molecular weight is 237 g/mol. The molecule has 0 aliphatic rings. The molecule has 2 nitrogen and oxygen atoms in total. The third kappa shape index (κ3) is 4.09. The number of hydrogen-bond donors (Lipinski definition) is 1. The topological polar surface area (TPSA) is 33.1 Å². The number of hydrogen-bond acceptors (Lipinski definition) is 3. The van der Waals surface area contributed by atoms with Crippen molar-refractivity contribution in [2.75, 3.05) is 12.4 Å². The normalized spacial score (nSPS) is 11.7. The first-order valence-electron chi connectivity index (χ1n) is 4.32. The van der Waals surface area contributed by atoms with Crippen LogP contribution in [0.15, 0.2) is 23.2 Å². The number of nitrogens with zero attached hydrogens (tertiary/aromatic N) is 1. The van der Waals surface area contributed by atoms with Crippen molar-refractivity contribution in [1.29, 1.82) is 0 Å². The third-order valence-electron chi connectivity index (χ3n) is 1.57. The minimum Gasteiger partial charge on any atom is -0.396 e. The molecule has 0 saturated carbocycles. The van der Waals surface area contributed by atoms with E-state index in [9.17, 15) is 13.2 Å². The summed E-state index contributed by atoms with van der Waals surface area (Å²) in [6, 6.07) is 3.80. The molecule has 0 aliphatic carbocycles. The molecule has 6 heteroatoms. The Kier molecular flexibility index (Phi) is 4.41. The molecule has 0 aromatic carbocycles. The van der Waals surface area contributed by atoms with Crippen molar-refractivity contribution in [2.24, 2.45) is 0 Å². The van der Waals surface area contributed by atoms with Gasteiger partial charge in [0, 0.05) is 12.4 Å². The minimum atomic E-state index is -4.40. The number of halogens is 3. The van der Waals surface area contributed by atoms with Crippen LogP contribution in [0.25, 0.3) is 0 Å². The first-order chi connectivity index (χ1) is 7.04. The number of thioether (sulfide) groups is 1. The molecule has 0 atom stereocenters. The van der Waals surface area contributed by atoms with E-state index in [0.29, 0.717) is 17.2 Å². The van der Waals surface area contributed by atoms with E-state index in [1.165, 1.54) is 23.9 Å². The molecule has 84 valence electrons. The third-order valence-corrected chi connectivity index (χ3v) is 2.58. The second-order valence-electron chi connectivity index (χ2n) is 2.78. The van der Waals surface area contributed by atoms with Gasteiger partial charge >= 0.3 is 6.18 Å². The standard InChI is InChI=1S/C9H10F3NOS/c10-9(11,12)7-3-1-4-8(13-7)15-6-2-5-14/h1,3-4,14H,2,5-6H2. The van der Waals surface area contributed by atoms with Gasteiger partial charge in [-0.25, -0.2) is 4.98 Å². The lowest BCUT2D eigenvalue weighted by molar-refractivity contribution is -0.141. The number of aromatic nitrogens is 1. The van der Waals surface area contributed by atoms with E-state index in [4.69, 9.17) is 5.11 Å². The van der Waals surface area contributed by atoms with Crippen LogP contribution in [-0.2, 0) is 6.18 Å². The highest BCUT2D eigenvalue weighted by molar-refractivity contribution is 7.99. The zero-order chi connectivity index (χ0) is 11.3. The maximum absolute atomic E-state index is 12.2. The highest BCUT2D eigenvalue weighted by Crippen LogP contribution is 2.29. The molecule has 0 spiro atoms. The number of rotatable bonds is 4. The molecule has 1 aromatic heterocycles. The second kappa shape index (κ2) is 5.37. The van der Waals surface area contributed by atoms with Crippen molar-refractivity contribution in [3.8, 4) is 0 Å². The summed E-state index contributed by atoms with van der Waals surface area (Å²) in [5.74, 6) is 0.560. The van der Waals surface area contributed by atoms with Crippen molar-refractivity contribution in [2.45, 2.75) is 17.6 Å². The molecule has 0 fully saturated rings. The Morgan fingerprint density at radius 3 is 2.67 bits per heavy atom. The van der Waals surface area contributed by atoms with Crippen molar-refractivity contribution in [3.05, 3.63) is 23.9 Å². The maximum Gasteiger partial charge on any atom is 0.433 e. The van der Waals surface area contributed by atoms with Crippen LogP contribution in [0, 0.1) is 0 Å². The van der Waals surface area contributed by atoms with Gasteiger partial charge in [0.05, 0.1) is 5.03 Å². The van der Waals surface area contributed by atoms with Gasteiger partial charge in [-0.15, -0.1) is 11.8 Å². The Morgan fingerprint density at radius 2 is 2.07 bits per heavy atom. The lowest BCUT2D eigenvalue weighted by Gasteiger charge is -2.06. The largest absolute Gasteiger partial charge is 0.433 e. The lowest BCUT2D eigenvalue weighted by Crippen LogP contribution is -2.07. The summed E-state index contributed by atoms with van der Waals surface area (Å²) in [6.07, 6.45) is -3.85. The van der Waals surface area contributed by atoms with E-state index in [2.05, 4.69) is 4.98 Å². The summed E-state index contributed by atoms with van der Waals surface area (Å²) in [4.78, 5) is 3.47. The number of pyridine rings is 1. The van der Waals surface area contributed by atoms with Gasteiger partial charge in [0.2, 0.25) is 0 Å². The Bertz CT molecular complexity index is 316. The predicted octanol–water partition coefficient (Wildman–Crippen LogP) is 2.57. The highest BCUT2D eigenvalue weighted by Gasteiger charge is 2.32. The van der Waals surface area contributed by atoms with Crippen LogP contribution in [0.5, 0.6) is 0 Å². The van der Waals surface area contributed by atoms with Gasteiger partial charge < -0.3 is 5.11 Å². The van der Waals surface area contributed by atoms with Crippen molar-refractivity contribution >= 4 is 11.8 Å². The molecule has 0 amide bonds. The summed E-state index contributed by atoms with van der Waals surface area (Å²) >= 11 is 1.20. The Labute approximate surface area is 89.5 Å². The fraction of sp³-hybridized carbons (Fsp3) is 0.444. The summed E-state index contributed by atoms with van der Waals surface area (Å²) in [7, 11) is 0. The first-order valence-corrected chi connectivity index (χ1v) is 5.30. The van der Waals surface area contributed by atoms with Crippen LogP contribution in [0.1, 0.15) is 12.1 Å². The lowest BCUT2D eigenvalue weighted by atomic mass is 10.3. The molecule has 0 radical (unpaired) electrons. The summed E-state index contributed by atoms with van der Waals surface area (Å²) < 4.78 is 36.7. The molecule has 0 bridgehead atoms. The second-order valence-corrected chi connectivity index (χ2v) is 3.90. The monoisotopic (exact) mass is 237 g/mol. The van der Waals surface area contributed by atoms with E-state index >= 15 is 0 Å². The van der Waals surface area contributed by atoms with Crippen molar-refractivity contribution in [1.82, 2.24) is 4.98 Å². The number of aliphatic hydroxyl groups is 1. The predicted molar refractivity (Wildman–Crippen MR) is 51.7 cm³/mol. The SMILES string of the molecule is OCCCSc1cccc(C(F)(F)F)n1. The molecule has 0 unspecified atom stereocenters. The van der Waals surface area contributed by atoms with Crippen LogP contribution in [0.3, 0.4) is 0 Å². The molecular formula is C9H10F3NOS. The van der Waals surface area contributed by atoms with Crippen molar-refractivity contribution < 1.29 is 18.3 Å². The summed E-state index contributed by atoms with van der Waals surface area (Å²) in [6.45, 7) is 0.0337. The van der Waals surface area contributed by atoms with E-state index in [1.807, 2.05) is 0 Å². The molecule has 1 heterocycles. The van der Waals surface area contributed by atoms with Gasteiger partial charge in [0.1, 0.15) is 5.69 Å². The molecule has 1 N–H and O–H groups in total. The quantitative estimate of drug-likeness (QED) is 0.645. The number of alkyl halides is 3. The van der Waals surface area contributed by atoms with Gasteiger partial charge in [-0.3, -0.25) is 0 Å². The van der Waals surface area contributed by atoms with E-state index in [1.54, 1.807) is 0 Å². The van der Waals surface area contributed by atoms with Crippen molar-refractivity contribution in [3.63, 3.8) is 0 Å². The Balaban J connectivity index is 2.66. The maximum atomic E-state index is 12.2. The Morgan fingerprint density at radius 1 is 1.33 bits per heavy atom. The van der Waals surface area contributed by atoms with E-state index in [-0.39, 0.29) is 6.61 Å². The highest BCUT2D eigenvalue weighted by atomic mass is 32.2. The average Bonchev–Trinajstić information content (AvgIpc) is 2.17. The zero-order valence-electron chi connectivity index (χ0n) is 7.79. The van der Waals surface area contributed by atoms with Crippen LogP contribution in [0.2, 0.25) is 0 Å². The van der Waals surface area contributed by atoms with Gasteiger partial charge in [0.25, 0.3) is 0 Å². The van der Waals surface area contributed by atoms with E-state index < -0.39 is 11.9 Å². The smallest absolute Gasteiger partial charge is 0.396 e. The fourth-order valence-electron chi connectivity index (χ4n) is 0.894. The first kappa shape index (κ1) is 12.3.